The largest absolute Gasteiger partial charge is 0.382 e. The van der Waals surface area contributed by atoms with Crippen molar-refractivity contribution < 1.29 is 8.42 Å². The van der Waals surface area contributed by atoms with E-state index < -0.39 is 10.0 Å². The van der Waals surface area contributed by atoms with Crippen molar-refractivity contribution in [2.45, 2.75) is 26.2 Å². The SMILES string of the molecule is CCCCCN1c2ccccc2NCCS1(=O)=O. The number of fused-ring (bicyclic) bond motifs is 1. The van der Waals surface area contributed by atoms with Crippen molar-refractivity contribution in [3.63, 3.8) is 0 Å². The number of nitrogens with one attached hydrogen (secondary N) is 1. The Bertz CT molecular complexity index is 499. The highest BCUT2D eigenvalue weighted by atomic mass is 32.2. The number of unbranched alkanes of at least 4 members (excludes halogenated alkanes) is 2. The second-order valence-electron chi connectivity index (χ2n) is 4.54. The first-order valence-electron chi connectivity index (χ1n) is 6.48. The van der Waals surface area contributed by atoms with Crippen LogP contribution in [0.5, 0.6) is 0 Å². The third-order valence-corrected chi connectivity index (χ3v) is 4.92. The van der Waals surface area contributed by atoms with Gasteiger partial charge < -0.3 is 5.32 Å². The van der Waals surface area contributed by atoms with Gasteiger partial charge in [0.25, 0.3) is 0 Å². The Morgan fingerprint density at radius 2 is 2.06 bits per heavy atom. The lowest BCUT2D eigenvalue weighted by Gasteiger charge is -2.23. The van der Waals surface area contributed by atoms with E-state index in [4.69, 9.17) is 0 Å². The first-order chi connectivity index (χ1) is 8.65. The van der Waals surface area contributed by atoms with Crippen molar-refractivity contribution in [1.82, 2.24) is 0 Å². The van der Waals surface area contributed by atoms with Gasteiger partial charge in [-0.15, -0.1) is 0 Å². The van der Waals surface area contributed by atoms with Crippen molar-refractivity contribution >= 4 is 21.4 Å². The number of sulfonamides is 1. The molecule has 5 heteroatoms. The van der Waals surface area contributed by atoms with Crippen LogP contribution in [0.1, 0.15) is 26.2 Å². The molecule has 0 saturated carbocycles. The van der Waals surface area contributed by atoms with Gasteiger partial charge in [0.05, 0.1) is 17.1 Å². The summed E-state index contributed by atoms with van der Waals surface area (Å²) in [5, 5.41) is 3.18. The molecule has 18 heavy (non-hydrogen) atoms. The van der Waals surface area contributed by atoms with Gasteiger partial charge in [-0.25, -0.2) is 8.42 Å². The quantitative estimate of drug-likeness (QED) is 0.853. The van der Waals surface area contributed by atoms with E-state index in [-0.39, 0.29) is 5.75 Å². The standard InChI is InChI=1S/C13H20N2O2S/c1-2-3-6-10-15-13-8-5-4-7-12(13)14-9-11-18(15,16)17/h4-5,7-8,14H,2-3,6,9-11H2,1H3. The molecule has 0 bridgehead atoms. The highest BCUT2D eigenvalue weighted by Gasteiger charge is 2.26. The highest BCUT2D eigenvalue weighted by molar-refractivity contribution is 7.92. The van der Waals surface area contributed by atoms with E-state index in [1.54, 1.807) is 4.31 Å². The molecular weight excluding hydrogens is 248 g/mol. The summed E-state index contributed by atoms with van der Waals surface area (Å²) in [5.74, 6) is 0.161. The molecule has 0 radical (unpaired) electrons. The Kier molecular flexibility index (Phi) is 4.11. The van der Waals surface area contributed by atoms with Crippen LogP contribution in [0.3, 0.4) is 0 Å². The van der Waals surface area contributed by atoms with Gasteiger partial charge in [0, 0.05) is 13.1 Å². The lowest BCUT2D eigenvalue weighted by Crippen LogP contribution is -2.33. The molecule has 0 aromatic heterocycles. The maximum atomic E-state index is 12.2. The molecule has 0 amide bonds. The topological polar surface area (TPSA) is 49.4 Å². The molecule has 0 unspecified atom stereocenters. The van der Waals surface area contributed by atoms with Crippen LogP contribution in [-0.2, 0) is 10.0 Å². The lowest BCUT2D eigenvalue weighted by molar-refractivity contribution is 0.588. The van der Waals surface area contributed by atoms with Crippen LogP contribution >= 0.6 is 0 Å². The van der Waals surface area contributed by atoms with Gasteiger partial charge in [0.15, 0.2) is 0 Å². The number of hydrogen-bond acceptors (Lipinski definition) is 3. The smallest absolute Gasteiger partial charge is 0.236 e. The van der Waals surface area contributed by atoms with E-state index in [0.717, 1.165) is 30.6 Å². The summed E-state index contributed by atoms with van der Waals surface area (Å²) in [6.07, 6.45) is 3.06. The predicted molar refractivity (Wildman–Crippen MR) is 75.6 cm³/mol. The molecule has 1 aliphatic heterocycles. The van der Waals surface area contributed by atoms with Gasteiger partial charge in [-0.3, -0.25) is 4.31 Å². The number of nitrogens with zero attached hydrogens (tertiary/aromatic N) is 1. The van der Waals surface area contributed by atoms with E-state index in [1.807, 2.05) is 24.3 Å². The molecule has 1 aliphatic rings. The second-order valence-corrected chi connectivity index (χ2v) is 6.55. The van der Waals surface area contributed by atoms with Crippen molar-refractivity contribution in [2.75, 3.05) is 28.5 Å². The van der Waals surface area contributed by atoms with Crippen LogP contribution in [0.15, 0.2) is 24.3 Å². The third kappa shape index (κ3) is 2.77. The van der Waals surface area contributed by atoms with Gasteiger partial charge in [-0.05, 0) is 18.6 Å². The second kappa shape index (κ2) is 5.61. The molecule has 0 aliphatic carbocycles. The molecule has 0 atom stereocenters. The molecule has 100 valence electrons. The zero-order chi connectivity index (χ0) is 13.0. The normalized spacial score (nSPS) is 17.7. The molecule has 4 nitrogen and oxygen atoms in total. The number of hydrogen-bond donors (Lipinski definition) is 1. The first kappa shape index (κ1) is 13.2. The van der Waals surface area contributed by atoms with Gasteiger partial charge in [0.1, 0.15) is 0 Å². The fourth-order valence-electron chi connectivity index (χ4n) is 2.18. The van der Waals surface area contributed by atoms with Crippen molar-refractivity contribution in [3.8, 4) is 0 Å². The molecule has 2 rings (SSSR count). The summed E-state index contributed by atoms with van der Waals surface area (Å²) in [7, 11) is -3.18. The van der Waals surface area contributed by atoms with Crippen molar-refractivity contribution in [3.05, 3.63) is 24.3 Å². The van der Waals surface area contributed by atoms with E-state index in [1.165, 1.54) is 0 Å². The average Bonchev–Trinajstić information content (AvgIpc) is 2.47. The fraction of sp³-hybridized carbons (Fsp3) is 0.538. The Labute approximate surface area is 109 Å². The average molecular weight is 268 g/mol. The van der Waals surface area contributed by atoms with Crippen molar-refractivity contribution in [1.29, 1.82) is 0 Å². The van der Waals surface area contributed by atoms with Crippen LogP contribution in [0.25, 0.3) is 0 Å². The number of rotatable bonds is 4. The van der Waals surface area contributed by atoms with Crippen LogP contribution in [-0.4, -0.2) is 27.3 Å². The summed E-state index contributed by atoms with van der Waals surface area (Å²) in [4.78, 5) is 0. The van der Waals surface area contributed by atoms with E-state index in [2.05, 4.69) is 12.2 Å². The van der Waals surface area contributed by atoms with Gasteiger partial charge >= 0.3 is 0 Å². The van der Waals surface area contributed by atoms with Crippen molar-refractivity contribution in [2.24, 2.45) is 0 Å². The minimum absolute atomic E-state index is 0.161. The fourth-order valence-corrected chi connectivity index (χ4v) is 3.63. The minimum atomic E-state index is -3.18. The summed E-state index contributed by atoms with van der Waals surface area (Å²) >= 11 is 0. The minimum Gasteiger partial charge on any atom is -0.382 e. The summed E-state index contributed by atoms with van der Waals surface area (Å²) in [6.45, 7) is 3.17. The molecule has 0 saturated heterocycles. The number of benzene rings is 1. The van der Waals surface area contributed by atoms with Crippen LogP contribution < -0.4 is 9.62 Å². The summed E-state index contributed by atoms with van der Waals surface area (Å²) < 4.78 is 26.1. The molecule has 1 heterocycles. The zero-order valence-corrected chi connectivity index (χ0v) is 11.5. The van der Waals surface area contributed by atoms with Crippen LogP contribution in [0.4, 0.5) is 11.4 Å². The molecule has 1 aromatic carbocycles. The molecule has 0 fully saturated rings. The Morgan fingerprint density at radius 3 is 2.83 bits per heavy atom. The van der Waals surface area contributed by atoms with Gasteiger partial charge in [0.2, 0.25) is 10.0 Å². The van der Waals surface area contributed by atoms with E-state index in [0.29, 0.717) is 13.1 Å². The Hall–Kier alpha value is -1.23. The lowest BCUT2D eigenvalue weighted by atomic mass is 10.2. The zero-order valence-electron chi connectivity index (χ0n) is 10.7. The van der Waals surface area contributed by atoms with Crippen LogP contribution in [0.2, 0.25) is 0 Å². The predicted octanol–water partition coefficient (Wildman–Crippen LogP) is 2.44. The maximum absolute atomic E-state index is 12.2. The first-order valence-corrected chi connectivity index (χ1v) is 8.09. The Balaban J connectivity index is 2.31. The van der Waals surface area contributed by atoms with E-state index >= 15 is 0 Å². The molecule has 1 aromatic rings. The molecule has 0 spiro atoms. The summed E-state index contributed by atoms with van der Waals surface area (Å²) in [5.41, 5.74) is 1.70. The molecule has 1 N–H and O–H groups in total. The summed E-state index contributed by atoms with van der Waals surface area (Å²) in [6, 6.07) is 7.61. The highest BCUT2D eigenvalue weighted by Crippen LogP contribution is 2.30. The van der Waals surface area contributed by atoms with E-state index in [9.17, 15) is 8.42 Å². The van der Waals surface area contributed by atoms with Gasteiger partial charge in [-0.1, -0.05) is 31.9 Å². The van der Waals surface area contributed by atoms with Crippen LogP contribution in [0, 0.1) is 0 Å². The molecular formula is C13H20N2O2S. The maximum Gasteiger partial charge on any atom is 0.236 e. The number of para-hydroxylation sites is 2. The third-order valence-electron chi connectivity index (χ3n) is 3.15. The monoisotopic (exact) mass is 268 g/mol. The Morgan fingerprint density at radius 1 is 1.28 bits per heavy atom. The number of anilines is 2. The van der Waals surface area contributed by atoms with Gasteiger partial charge in [-0.2, -0.15) is 0 Å².